The van der Waals surface area contributed by atoms with Gasteiger partial charge in [-0.15, -0.1) is 0 Å². The van der Waals surface area contributed by atoms with Gasteiger partial charge >= 0.3 is 0 Å². The lowest BCUT2D eigenvalue weighted by Gasteiger charge is -2.29. The summed E-state index contributed by atoms with van der Waals surface area (Å²) in [6.45, 7) is 9.64. The van der Waals surface area contributed by atoms with Crippen LogP contribution >= 0.6 is 23.2 Å². The van der Waals surface area contributed by atoms with Crippen LogP contribution in [0.4, 0.5) is 0 Å². The van der Waals surface area contributed by atoms with Crippen LogP contribution < -0.4 is 10.1 Å². The Morgan fingerprint density at radius 1 is 1.00 bits per heavy atom. The second-order valence-electron chi connectivity index (χ2n) is 8.11. The highest BCUT2D eigenvalue weighted by Gasteiger charge is 2.27. The Morgan fingerprint density at radius 3 is 2.19 bits per heavy atom. The van der Waals surface area contributed by atoms with Crippen LogP contribution in [0.15, 0.2) is 42.5 Å². The second-order valence-corrected chi connectivity index (χ2v) is 8.95. The standard InChI is InChI=1S/C24H30Cl2N2O3/c1-15(2)18-7-10-21(11-8-18)31-14-23(29)28(17(5)24(30)27-16(3)4)13-19-6-9-20(25)12-22(19)26/h6-12,15-17H,13-14H2,1-5H3,(H,27,30)/t17-/m1/s1. The third-order valence-corrected chi connectivity index (χ3v) is 5.45. The molecule has 2 rings (SSSR count). The maximum atomic E-state index is 13.1. The molecule has 0 aliphatic carbocycles. The average molecular weight is 465 g/mol. The van der Waals surface area contributed by atoms with E-state index in [4.69, 9.17) is 27.9 Å². The molecule has 1 N–H and O–H groups in total. The highest BCUT2D eigenvalue weighted by atomic mass is 35.5. The van der Waals surface area contributed by atoms with E-state index in [-0.39, 0.29) is 31.0 Å². The molecule has 0 fully saturated rings. The number of hydrogen-bond donors (Lipinski definition) is 1. The van der Waals surface area contributed by atoms with Crippen molar-refractivity contribution in [2.75, 3.05) is 6.61 Å². The van der Waals surface area contributed by atoms with Crippen LogP contribution in [0.1, 0.15) is 51.7 Å². The molecule has 0 aliphatic heterocycles. The van der Waals surface area contributed by atoms with E-state index in [0.29, 0.717) is 27.3 Å². The maximum absolute atomic E-state index is 13.1. The zero-order valence-electron chi connectivity index (χ0n) is 18.6. The summed E-state index contributed by atoms with van der Waals surface area (Å²) in [7, 11) is 0. The van der Waals surface area contributed by atoms with Gasteiger partial charge in [0.25, 0.3) is 5.91 Å². The third-order valence-electron chi connectivity index (χ3n) is 4.86. The predicted molar refractivity (Wildman–Crippen MR) is 126 cm³/mol. The topological polar surface area (TPSA) is 58.6 Å². The minimum atomic E-state index is -0.700. The Bertz CT molecular complexity index is 898. The monoisotopic (exact) mass is 464 g/mol. The highest BCUT2D eigenvalue weighted by molar-refractivity contribution is 6.35. The normalized spacial score (nSPS) is 12.0. The van der Waals surface area contributed by atoms with Crippen LogP contribution in [-0.4, -0.2) is 35.4 Å². The molecule has 0 bridgehead atoms. The fraction of sp³-hybridized carbons (Fsp3) is 0.417. The molecular formula is C24H30Cl2N2O3. The summed E-state index contributed by atoms with van der Waals surface area (Å²) in [6.07, 6.45) is 0. The number of amides is 2. The lowest BCUT2D eigenvalue weighted by Crippen LogP contribution is -2.50. The molecule has 7 heteroatoms. The lowest BCUT2D eigenvalue weighted by molar-refractivity contribution is -0.142. The first kappa shape index (κ1) is 25.0. The molecule has 2 aromatic carbocycles. The van der Waals surface area contributed by atoms with Crippen molar-refractivity contribution in [3.8, 4) is 5.75 Å². The summed E-state index contributed by atoms with van der Waals surface area (Å²) in [6, 6.07) is 12.0. The van der Waals surface area contributed by atoms with E-state index in [0.717, 1.165) is 0 Å². The molecule has 31 heavy (non-hydrogen) atoms. The van der Waals surface area contributed by atoms with Crippen molar-refractivity contribution >= 4 is 35.0 Å². The number of ether oxygens (including phenoxy) is 1. The van der Waals surface area contributed by atoms with Gasteiger partial charge in [-0.3, -0.25) is 9.59 Å². The molecule has 0 saturated heterocycles. The quantitative estimate of drug-likeness (QED) is 0.537. The van der Waals surface area contributed by atoms with Gasteiger partial charge in [0.15, 0.2) is 6.61 Å². The first-order valence-electron chi connectivity index (χ1n) is 10.3. The van der Waals surface area contributed by atoms with Gasteiger partial charge in [0, 0.05) is 22.6 Å². The van der Waals surface area contributed by atoms with Crippen molar-refractivity contribution in [1.29, 1.82) is 0 Å². The zero-order valence-corrected chi connectivity index (χ0v) is 20.1. The van der Waals surface area contributed by atoms with Crippen LogP contribution in [0.25, 0.3) is 0 Å². The molecule has 0 aromatic heterocycles. The third kappa shape index (κ3) is 7.44. The Morgan fingerprint density at radius 2 is 1.65 bits per heavy atom. The van der Waals surface area contributed by atoms with Gasteiger partial charge in [0.2, 0.25) is 5.91 Å². The number of nitrogens with one attached hydrogen (secondary N) is 1. The minimum absolute atomic E-state index is 0.0401. The molecule has 0 unspecified atom stereocenters. The molecule has 0 spiro atoms. The number of benzene rings is 2. The summed E-state index contributed by atoms with van der Waals surface area (Å²) >= 11 is 12.3. The van der Waals surface area contributed by atoms with Crippen molar-refractivity contribution in [2.45, 2.75) is 59.2 Å². The number of carbonyl (C=O) groups is 2. The van der Waals surface area contributed by atoms with Gasteiger partial charge in [0.05, 0.1) is 0 Å². The Kier molecular flexibility index (Phi) is 9.20. The Labute approximate surface area is 194 Å². The van der Waals surface area contributed by atoms with Crippen molar-refractivity contribution in [3.05, 3.63) is 63.6 Å². The van der Waals surface area contributed by atoms with Crippen LogP contribution in [0.3, 0.4) is 0 Å². The Hall–Kier alpha value is -2.24. The van der Waals surface area contributed by atoms with Gasteiger partial charge in [-0.25, -0.2) is 0 Å². The van der Waals surface area contributed by atoms with E-state index in [1.54, 1.807) is 25.1 Å². The molecule has 2 amide bonds. The number of hydrogen-bond acceptors (Lipinski definition) is 3. The maximum Gasteiger partial charge on any atom is 0.261 e. The molecule has 0 radical (unpaired) electrons. The van der Waals surface area contributed by atoms with E-state index in [9.17, 15) is 9.59 Å². The van der Waals surface area contributed by atoms with E-state index in [2.05, 4.69) is 19.2 Å². The van der Waals surface area contributed by atoms with E-state index in [1.807, 2.05) is 38.1 Å². The van der Waals surface area contributed by atoms with Crippen molar-refractivity contribution in [2.24, 2.45) is 0 Å². The van der Waals surface area contributed by atoms with E-state index in [1.165, 1.54) is 10.5 Å². The van der Waals surface area contributed by atoms with Gasteiger partial charge in [0.1, 0.15) is 11.8 Å². The van der Waals surface area contributed by atoms with Crippen molar-refractivity contribution in [3.63, 3.8) is 0 Å². The van der Waals surface area contributed by atoms with Crippen LogP contribution in [0.5, 0.6) is 5.75 Å². The minimum Gasteiger partial charge on any atom is -0.484 e. The lowest BCUT2D eigenvalue weighted by atomic mass is 10.0. The van der Waals surface area contributed by atoms with Gasteiger partial charge < -0.3 is 15.0 Å². The number of nitrogens with zero attached hydrogens (tertiary/aromatic N) is 1. The molecular weight excluding hydrogens is 435 g/mol. The summed E-state index contributed by atoms with van der Waals surface area (Å²) in [5.41, 5.74) is 1.89. The molecule has 0 aliphatic rings. The smallest absolute Gasteiger partial charge is 0.261 e. The van der Waals surface area contributed by atoms with Crippen LogP contribution in [0.2, 0.25) is 10.0 Å². The van der Waals surface area contributed by atoms with E-state index >= 15 is 0 Å². The SMILES string of the molecule is CC(C)NC(=O)[C@@H](C)N(Cc1ccc(Cl)cc1Cl)C(=O)COc1ccc(C(C)C)cc1. The molecule has 2 aromatic rings. The molecule has 0 heterocycles. The molecule has 5 nitrogen and oxygen atoms in total. The fourth-order valence-corrected chi connectivity index (χ4v) is 3.47. The summed E-state index contributed by atoms with van der Waals surface area (Å²) in [5.74, 6) is 0.456. The number of carbonyl (C=O) groups excluding carboxylic acids is 2. The average Bonchev–Trinajstić information content (AvgIpc) is 2.70. The van der Waals surface area contributed by atoms with Crippen molar-refractivity contribution in [1.82, 2.24) is 10.2 Å². The molecule has 168 valence electrons. The summed E-state index contributed by atoms with van der Waals surface area (Å²) in [5, 5.41) is 3.79. The number of halogens is 2. The largest absolute Gasteiger partial charge is 0.484 e. The highest BCUT2D eigenvalue weighted by Crippen LogP contribution is 2.24. The van der Waals surface area contributed by atoms with Crippen molar-refractivity contribution < 1.29 is 14.3 Å². The van der Waals surface area contributed by atoms with Crippen LogP contribution in [0, 0.1) is 0 Å². The zero-order chi connectivity index (χ0) is 23.1. The second kappa shape index (κ2) is 11.4. The van der Waals surface area contributed by atoms with Gasteiger partial charge in [-0.05, 0) is 62.1 Å². The van der Waals surface area contributed by atoms with Gasteiger partial charge in [-0.1, -0.05) is 55.2 Å². The van der Waals surface area contributed by atoms with E-state index < -0.39 is 6.04 Å². The predicted octanol–water partition coefficient (Wildman–Crippen LogP) is 5.44. The fourth-order valence-electron chi connectivity index (χ4n) is 3.00. The van der Waals surface area contributed by atoms with Crippen LogP contribution in [-0.2, 0) is 16.1 Å². The number of rotatable bonds is 9. The Balaban J connectivity index is 2.17. The molecule has 0 saturated carbocycles. The first-order chi connectivity index (χ1) is 14.6. The summed E-state index contributed by atoms with van der Waals surface area (Å²) < 4.78 is 5.70. The first-order valence-corrected chi connectivity index (χ1v) is 11.1. The summed E-state index contributed by atoms with van der Waals surface area (Å²) in [4.78, 5) is 27.1. The van der Waals surface area contributed by atoms with Gasteiger partial charge in [-0.2, -0.15) is 0 Å². The molecule has 1 atom stereocenters.